The van der Waals surface area contributed by atoms with E-state index in [9.17, 15) is 0 Å². The van der Waals surface area contributed by atoms with E-state index >= 15 is 0 Å². The van der Waals surface area contributed by atoms with Gasteiger partial charge >= 0.3 is 0 Å². The molecule has 2 heteroatoms. The normalized spacial score (nSPS) is 15.0. The van der Waals surface area contributed by atoms with Crippen LogP contribution in [0.1, 0.15) is 49.9 Å². The van der Waals surface area contributed by atoms with Crippen LogP contribution in [-0.2, 0) is 10.8 Å². The summed E-state index contributed by atoms with van der Waals surface area (Å²) in [5.41, 5.74) is 15.3. The molecule has 7 aromatic carbocycles. The molecule has 10 rings (SSSR count). The van der Waals surface area contributed by atoms with Gasteiger partial charge in [-0.05, 0) is 69.1 Å². The minimum Gasteiger partial charge on any atom is -0.310 e. The first-order chi connectivity index (χ1) is 23.3. The fourth-order valence-electron chi connectivity index (χ4n) is 8.88. The predicted molar refractivity (Wildman–Crippen MR) is 203 cm³/mol. The smallest absolute Gasteiger partial charge is 0.0583 e. The monoisotopic (exact) mass is 616 g/mol. The van der Waals surface area contributed by atoms with E-state index in [1.54, 1.807) is 0 Å². The minimum absolute atomic E-state index is 0.0987. The fraction of sp³-hybridized carbons (Fsp3) is 0.130. The zero-order chi connectivity index (χ0) is 32.4. The van der Waals surface area contributed by atoms with Crippen molar-refractivity contribution >= 4 is 49.6 Å². The SMILES string of the molecule is CC1(C)c2cccc3c2-n2c4c1cccc4c1cc(N(c4cccc(-c5ccccc5)c4)c4cccc5ccccc45)cc(c12)C3(C)C. The molecule has 1 aromatic heterocycles. The van der Waals surface area contributed by atoms with Crippen molar-refractivity contribution in [2.75, 3.05) is 4.90 Å². The van der Waals surface area contributed by atoms with E-state index < -0.39 is 0 Å². The number of nitrogens with zero attached hydrogens (tertiary/aromatic N) is 2. The van der Waals surface area contributed by atoms with Crippen molar-refractivity contribution in [3.63, 3.8) is 0 Å². The molecule has 0 saturated carbocycles. The van der Waals surface area contributed by atoms with Gasteiger partial charge in [-0.1, -0.05) is 143 Å². The second-order valence-electron chi connectivity index (χ2n) is 14.6. The number of aromatic nitrogens is 1. The molecular formula is C46H36N2. The molecule has 0 fully saturated rings. The summed E-state index contributed by atoms with van der Waals surface area (Å²) in [7, 11) is 0. The second kappa shape index (κ2) is 9.49. The van der Waals surface area contributed by atoms with Crippen molar-refractivity contribution in [3.05, 3.63) is 168 Å². The standard InChI is InChI=1S/C46H36N2/c1-45(2)37-22-12-21-35-36-27-33(28-40-43(36)48(42(35)37)44-38(45)23-13-24-39(44)46(40,3)4)47(41-25-11-17-30-16-8-9-20-34(30)41)32-19-10-18-31(26-32)29-14-6-5-7-15-29/h5-28H,1-4H3. The molecule has 2 aliphatic heterocycles. The lowest BCUT2D eigenvalue weighted by molar-refractivity contribution is 0.593. The zero-order valence-corrected chi connectivity index (χ0v) is 27.8. The summed E-state index contributed by atoms with van der Waals surface area (Å²) < 4.78 is 2.61. The van der Waals surface area contributed by atoms with E-state index in [1.165, 1.54) is 83.0 Å². The van der Waals surface area contributed by atoms with Crippen molar-refractivity contribution in [1.29, 1.82) is 0 Å². The van der Waals surface area contributed by atoms with E-state index in [1.807, 2.05) is 0 Å². The van der Waals surface area contributed by atoms with Gasteiger partial charge in [0.2, 0.25) is 0 Å². The van der Waals surface area contributed by atoms with E-state index in [0.717, 1.165) is 5.69 Å². The third-order valence-corrected chi connectivity index (χ3v) is 11.3. The molecule has 0 aliphatic carbocycles. The number of hydrogen-bond acceptors (Lipinski definition) is 1. The summed E-state index contributed by atoms with van der Waals surface area (Å²) in [6.45, 7) is 9.63. The Labute approximate surface area is 281 Å². The maximum Gasteiger partial charge on any atom is 0.0583 e. The number of anilines is 3. The van der Waals surface area contributed by atoms with E-state index in [2.05, 4.69) is 183 Å². The van der Waals surface area contributed by atoms with E-state index in [0.29, 0.717) is 0 Å². The summed E-state index contributed by atoms with van der Waals surface area (Å²) in [4.78, 5) is 2.49. The van der Waals surface area contributed by atoms with Gasteiger partial charge < -0.3 is 9.47 Å². The molecule has 0 spiro atoms. The highest BCUT2D eigenvalue weighted by atomic mass is 15.1. The lowest BCUT2D eigenvalue weighted by atomic mass is 9.68. The Balaban J connectivity index is 1.33. The van der Waals surface area contributed by atoms with Crippen molar-refractivity contribution in [3.8, 4) is 16.8 Å². The number of fused-ring (bicyclic) bond motifs is 2. The van der Waals surface area contributed by atoms with Crippen LogP contribution in [0.5, 0.6) is 0 Å². The summed E-state index contributed by atoms with van der Waals surface area (Å²) in [6, 6.07) is 54.0. The molecule has 0 N–H and O–H groups in total. The van der Waals surface area contributed by atoms with Crippen LogP contribution in [0, 0.1) is 0 Å². The predicted octanol–water partition coefficient (Wildman–Crippen LogP) is 12.4. The molecule has 0 unspecified atom stereocenters. The van der Waals surface area contributed by atoms with Crippen molar-refractivity contribution in [1.82, 2.24) is 4.57 Å². The summed E-state index contributed by atoms with van der Waals surface area (Å²) in [5, 5.41) is 5.11. The molecule has 0 amide bonds. The van der Waals surface area contributed by atoms with Crippen LogP contribution in [-0.4, -0.2) is 4.57 Å². The minimum atomic E-state index is -0.201. The summed E-state index contributed by atoms with van der Waals surface area (Å²) in [5.74, 6) is 0. The molecule has 3 heterocycles. The first kappa shape index (κ1) is 27.5. The van der Waals surface area contributed by atoms with Crippen LogP contribution in [0.4, 0.5) is 17.1 Å². The first-order valence-corrected chi connectivity index (χ1v) is 17.0. The Kier molecular flexibility index (Phi) is 5.44. The van der Waals surface area contributed by atoms with Crippen molar-refractivity contribution < 1.29 is 0 Å². The van der Waals surface area contributed by atoms with Crippen LogP contribution in [0.25, 0.3) is 49.4 Å². The van der Waals surface area contributed by atoms with Gasteiger partial charge in [-0.15, -0.1) is 0 Å². The van der Waals surface area contributed by atoms with Gasteiger partial charge in [0.15, 0.2) is 0 Å². The molecule has 0 atom stereocenters. The molecule has 0 bridgehead atoms. The third kappa shape index (κ3) is 3.52. The lowest BCUT2D eigenvalue weighted by Gasteiger charge is -2.42. The van der Waals surface area contributed by atoms with Crippen molar-refractivity contribution in [2.24, 2.45) is 0 Å². The van der Waals surface area contributed by atoms with Gasteiger partial charge in [0.05, 0.1) is 22.4 Å². The summed E-state index contributed by atoms with van der Waals surface area (Å²) in [6.07, 6.45) is 0. The highest BCUT2D eigenvalue weighted by molar-refractivity contribution is 6.15. The van der Waals surface area contributed by atoms with Crippen LogP contribution < -0.4 is 4.90 Å². The largest absolute Gasteiger partial charge is 0.310 e. The molecule has 2 nitrogen and oxygen atoms in total. The molecule has 8 aromatic rings. The van der Waals surface area contributed by atoms with Crippen molar-refractivity contribution in [2.45, 2.75) is 38.5 Å². The average molecular weight is 617 g/mol. The zero-order valence-electron chi connectivity index (χ0n) is 27.8. The number of benzene rings is 7. The van der Waals surface area contributed by atoms with Gasteiger partial charge in [-0.2, -0.15) is 0 Å². The van der Waals surface area contributed by atoms with Gasteiger partial charge in [0.25, 0.3) is 0 Å². The van der Waals surface area contributed by atoms with Gasteiger partial charge in [-0.3, -0.25) is 0 Å². The van der Waals surface area contributed by atoms with Crippen LogP contribution in [0.15, 0.2) is 146 Å². The molecule has 230 valence electrons. The van der Waals surface area contributed by atoms with Crippen LogP contribution >= 0.6 is 0 Å². The quantitative estimate of drug-likeness (QED) is 0.191. The molecule has 0 radical (unpaired) electrons. The highest BCUT2D eigenvalue weighted by Gasteiger charge is 2.43. The van der Waals surface area contributed by atoms with Crippen LogP contribution in [0.3, 0.4) is 0 Å². The number of rotatable bonds is 4. The Morgan fingerprint density at radius 1 is 0.438 bits per heavy atom. The first-order valence-electron chi connectivity index (χ1n) is 17.0. The third-order valence-electron chi connectivity index (χ3n) is 11.3. The van der Waals surface area contributed by atoms with E-state index in [-0.39, 0.29) is 10.8 Å². The van der Waals surface area contributed by atoms with Gasteiger partial charge in [0, 0.05) is 38.4 Å². The van der Waals surface area contributed by atoms with Crippen LogP contribution in [0.2, 0.25) is 0 Å². The Morgan fingerprint density at radius 2 is 1.04 bits per heavy atom. The number of para-hydroxylation sites is 2. The molecule has 0 saturated heterocycles. The number of hydrogen-bond donors (Lipinski definition) is 0. The van der Waals surface area contributed by atoms with E-state index in [4.69, 9.17) is 0 Å². The highest BCUT2D eigenvalue weighted by Crippen LogP contribution is 2.56. The Hall–Kier alpha value is -5.60. The maximum absolute atomic E-state index is 2.61. The maximum atomic E-state index is 2.61. The molecular weight excluding hydrogens is 581 g/mol. The Morgan fingerprint density at radius 3 is 1.88 bits per heavy atom. The fourth-order valence-corrected chi connectivity index (χ4v) is 8.88. The summed E-state index contributed by atoms with van der Waals surface area (Å²) >= 11 is 0. The average Bonchev–Trinajstić information content (AvgIpc) is 3.45. The lowest BCUT2D eigenvalue weighted by Crippen LogP contribution is -2.33. The second-order valence-corrected chi connectivity index (χ2v) is 14.6. The Bertz CT molecular complexity index is 2610. The topological polar surface area (TPSA) is 8.17 Å². The molecule has 2 aliphatic rings. The van der Waals surface area contributed by atoms with Gasteiger partial charge in [-0.25, -0.2) is 0 Å². The molecule has 48 heavy (non-hydrogen) atoms. The van der Waals surface area contributed by atoms with Gasteiger partial charge in [0.1, 0.15) is 0 Å².